The first-order chi connectivity index (χ1) is 4.50. The van der Waals surface area contributed by atoms with E-state index >= 15 is 0 Å². The van der Waals surface area contributed by atoms with E-state index in [-0.39, 0.29) is 6.42 Å². The number of hydrogen-bond donors (Lipinski definition) is 0. The molecule has 0 bridgehead atoms. The molecule has 0 atom stereocenters. The number of halogens is 2. The Bertz CT molecular complexity index is 114. The van der Waals surface area contributed by atoms with Gasteiger partial charge in [0.05, 0.1) is 0 Å². The monoisotopic (exact) mass is 148 g/mol. The van der Waals surface area contributed by atoms with Crippen LogP contribution < -0.4 is 0 Å². The number of rotatable bonds is 3. The number of hydrogen-bond acceptors (Lipinski definition) is 0. The van der Waals surface area contributed by atoms with Gasteiger partial charge in [-0.25, -0.2) is 8.78 Å². The molecule has 0 fully saturated rings. The molecule has 10 heavy (non-hydrogen) atoms. The first-order valence-corrected chi connectivity index (χ1v) is 3.49. The molecule has 0 aromatic carbocycles. The third kappa shape index (κ3) is 2.95. The zero-order chi connectivity index (χ0) is 8.20. The van der Waals surface area contributed by atoms with Gasteiger partial charge in [-0.05, 0) is 6.92 Å². The van der Waals surface area contributed by atoms with E-state index in [9.17, 15) is 8.78 Å². The average molecular weight is 148 g/mol. The molecule has 60 valence electrons. The van der Waals surface area contributed by atoms with Crippen molar-refractivity contribution in [2.45, 2.75) is 33.1 Å². The smallest absolute Gasteiger partial charge is 0.206 e. The highest BCUT2D eigenvalue weighted by molar-refractivity contribution is 4.85. The van der Waals surface area contributed by atoms with Gasteiger partial charge in [-0.1, -0.05) is 26.0 Å². The molecule has 0 spiro atoms. The lowest BCUT2D eigenvalue weighted by molar-refractivity contribution is -0.0414. The van der Waals surface area contributed by atoms with Gasteiger partial charge < -0.3 is 0 Å². The van der Waals surface area contributed by atoms with Crippen molar-refractivity contribution in [1.29, 1.82) is 0 Å². The Labute approximate surface area is 60.9 Å². The fraction of sp³-hybridized carbons (Fsp3) is 0.750. The summed E-state index contributed by atoms with van der Waals surface area (Å²) < 4.78 is 25.4. The molecule has 0 saturated heterocycles. The van der Waals surface area contributed by atoms with Crippen LogP contribution in [0.4, 0.5) is 8.78 Å². The van der Waals surface area contributed by atoms with Gasteiger partial charge in [-0.15, -0.1) is 0 Å². The van der Waals surface area contributed by atoms with Crippen molar-refractivity contribution in [2.24, 2.45) is 5.92 Å². The Morgan fingerprint density at radius 2 is 1.90 bits per heavy atom. The zero-order valence-corrected chi connectivity index (χ0v) is 6.70. The second-order valence-electron chi connectivity index (χ2n) is 2.69. The average Bonchev–Trinajstić information content (AvgIpc) is 1.84. The van der Waals surface area contributed by atoms with Crippen LogP contribution in [0.25, 0.3) is 0 Å². The van der Waals surface area contributed by atoms with Crippen molar-refractivity contribution in [1.82, 2.24) is 0 Å². The highest BCUT2D eigenvalue weighted by Gasteiger charge is 2.31. The topological polar surface area (TPSA) is 0 Å². The molecule has 0 amide bonds. The summed E-state index contributed by atoms with van der Waals surface area (Å²) in [6.07, 6.45) is 3.01. The lowest BCUT2D eigenvalue weighted by Gasteiger charge is -2.17. The summed E-state index contributed by atoms with van der Waals surface area (Å²) in [7, 11) is 0. The molecule has 0 heterocycles. The molecule has 2 heteroatoms. The van der Waals surface area contributed by atoms with E-state index in [0.717, 1.165) is 0 Å². The van der Waals surface area contributed by atoms with Crippen LogP contribution in [0.5, 0.6) is 0 Å². The van der Waals surface area contributed by atoms with Crippen molar-refractivity contribution >= 4 is 0 Å². The van der Waals surface area contributed by atoms with Gasteiger partial charge in [0.15, 0.2) is 0 Å². The van der Waals surface area contributed by atoms with Crippen LogP contribution in [0.15, 0.2) is 12.2 Å². The van der Waals surface area contributed by atoms with Crippen LogP contribution in [0.1, 0.15) is 27.2 Å². The molecule has 0 radical (unpaired) electrons. The van der Waals surface area contributed by atoms with Crippen molar-refractivity contribution in [3.63, 3.8) is 0 Å². The fourth-order valence-electron chi connectivity index (χ4n) is 0.511. The highest BCUT2D eigenvalue weighted by Crippen LogP contribution is 2.27. The van der Waals surface area contributed by atoms with Crippen LogP contribution in [0, 0.1) is 5.92 Å². The molecule has 0 N–H and O–H groups in total. The minimum absolute atomic E-state index is 0.138. The minimum atomic E-state index is -2.54. The van der Waals surface area contributed by atoms with Gasteiger partial charge in [0.2, 0.25) is 0 Å². The van der Waals surface area contributed by atoms with Gasteiger partial charge in [0.1, 0.15) is 0 Å². The second kappa shape index (κ2) is 3.69. The maximum atomic E-state index is 12.7. The van der Waals surface area contributed by atoms with Crippen molar-refractivity contribution in [2.75, 3.05) is 0 Å². The first kappa shape index (κ1) is 9.60. The van der Waals surface area contributed by atoms with Crippen LogP contribution in [-0.2, 0) is 0 Å². The molecule has 0 aliphatic heterocycles. The lowest BCUT2D eigenvalue weighted by atomic mass is 10.0. The molecule has 0 aromatic heterocycles. The van der Waals surface area contributed by atoms with Crippen LogP contribution in [-0.4, -0.2) is 5.92 Å². The Kier molecular flexibility index (Phi) is 3.54. The van der Waals surface area contributed by atoms with Crippen molar-refractivity contribution < 1.29 is 8.78 Å². The lowest BCUT2D eigenvalue weighted by Crippen LogP contribution is -2.22. The van der Waals surface area contributed by atoms with Gasteiger partial charge in [-0.3, -0.25) is 0 Å². The Morgan fingerprint density at radius 3 is 2.20 bits per heavy atom. The van der Waals surface area contributed by atoms with E-state index in [0.29, 0.717) is 0 Å². The number of alkyl halides is 2. The SMILES string of the molecule is CC=CCC(F)(F)C(C)C. The summed E-state index contributed by atoms with van der Waals surface area (Å²) in [5, 5.41) is 0. The summed E-state index contributed by atoms with van der Waals surface area (Å²) in [4.78, 5) is 0. The zero-order valence-electron chi connectivity index (χ0n) is 6.70. The molecule has 0 aliphatic carbocycles. The summed E-state index contributed by atoms with van der Waals surface area (Å²) in [6, 6.07) is 0. The molecule has 0 aliphatic rings. The molecule has 0 nitrogen and oxygen atoms in total. The predicted octanol–water partition coefficient (Wildman–Crippen LogP) is 3.24. The van der Waals surface area contributed by atoms with E-state index in [1.807, 2.05) is 0 Å². The largest absolute Gasteiger partial charge is 0.253 e. The summed E-state index contributed by atoms with van der Waals surface area (Å²) >= 11 is 0. The third-order valence-electron chi connectivity index (χ3n) is 1.47. The predicted molar refractivity (Wildman–Crippen MR) is 39.2 cm³/mol. The van der Waals surface area contributed by atoms with E-state index in [1.165, 1.54) is 19.9 Å². The van der Waals surface area contributed by atoms with Crippen molar-refractivity contribution in [3.8, 4) is 0 Å². The van der Waals surface area contributed by atoms with Crippen LogP contribution in [0.2, 0.25) is 0 Å². The second-order valence-corrected chi connectivity index (χ2v) is 2.69. The van der Waals surface area contributed by atoms with E-state index < -0.39 is 11.8 Å². The molecular weight excluding hydrogens is 134 g/mol. The van der Waals surface area contributed by atoms with Crippen LogP contribution >= 0.6 is 0 Å². The van der Waals surface area contributed by atoms with E-state index in [2.05, 4.69) is 0 Å². The van der Waals surface area contributed by atoms with Crippen molar-refractivity contribution in [3.05, 3.63) is 12.2 Å². The van der Waals surface area contributed by atoms with E-state index in [1.54, 1.807) is 13.0 Å². The Hall–Kier alpha value is -0.400. The van der Waals surface area contributed by atoms with Gasteiger partial charge >= 0.3 is 0 Å². The van der Waals surface area contributed by atoms with Crippen LogP contribution in [0.3, 0.4) is 0 Å². The first-order valence-electron chi connectivity index (χ1n) is 3.49. The van der Waals surface area contributed by atoms with E-state index in [4.69, 9.17) is 0 Å². The fourth-order valence-corrected chi connectivity index (χ4v) is 0.511. The molecule has 0 rings (SSSR count). The maximum Gasteiger partial charge on any atom is 0.253 e. The Morgan fingerprint density at radius 1 is 1.40 bits per heavy atom. The molecule has 0 saturated carbocycles. The quantitative estimate of drug-likeness (QED) is 0.539. The van der Waals surface area contributed by atoms with Gasteiger partial charge in [-0.2, -0.15) is 0 Å². The maximum absolute atomic E-state index is 12.7. The minimum Gasteiger partial charge on any atom is -0.206 e. The normalized spacial score (nSPS) is 13.4. The molecular formula is C8H14F2. The molecule has 0 unspecified atom stereocenters. The van der Waals surface area contributed by atoms with Gasteiger partial charge in [0.25, 0.3) is 5.92 Å². The standard InChI is InChI=1S/C8H14F2/c1-4-5-6-8(9,10)7(2)3/h4-5,7H,6H2,1-3H3. The molecule has 0 aromatic rings. The number of allylic oxidation sites excluding steroid dienone is 2. The summed E-state index contributed by atoms with van der Waals surface area (Å²) in [6.45, 7) is 4.81. The summed E-state index contributed by atoms with van der Waals surface area (Å²) in [5.41, 5.74) is 0. The Balaban J connectivity index is 3.86. The summed E-state index contributed by atoms with van der Waals surface area (Å²) in [5.74, 6) is -3.10. The third-order valence-corrected chi connectivity index (χ3v) is 1.47. The highest BCUT2D eigenvalue weighted by atomic mass is 19.3. The van der Waals surface area contributed by atoms with Gasteiger partial charge in [0, 0.05) is 12.3 Å².